The number of carbonyl (C=O) groups is 1. The first-order valence-electron chi connectivity index (χ1n) is 11.1. The maximum Gasteiger partial charge on any atom is 0.240 e. The molecule has 4 rings (SSSR count). The van der Waals surface area contributed by atoms with Crippen molar-refractivity contribution in [3.05, 3.63) is 46.6 Å². The number of ether oxygens (including phenoxy) is 1. The van der Waals surface area contributed by atoms with E-state index in [9.17, 15) is 4.79 Å². The molecule has 3 aromatic rings. The lowest BCUT2D eigenvalue weighted by molar-refractivity contribution is -0.117. The second kappa shape index (κ2) is 10.4. The number of amides is 1. The molecule has 3 heterocycles. The molecule has 32 heavy (non-hydrogen) atoms. The summed E-state index contributed by atoms with van der Waals surface area (Å²) in [5, 5.41) is 9.39. The van der Waals surface area contributed by atoms with Crippen molar-refractivity contribution in [1.82, 2.24) is 14.9 Å². The molecule has 0 radical (unpaired) electrons. The molecule has 0 atom stereocenters. The number of nitrogens with one attached hydrogen (secondary N) is 2. The van der Waals surface area contributed by atoms with Gasteiger partial charge in [-0.15, -0.1) is 11.3 Å². The zero-order chi connectivity index (χ0) is 22.5. The van der Waals surface area contributed by atoms with Gasteiger partial charge in [-0.2, -0.15) is 0 Å². The normalized spacial score (nSPS) is 15.2. The Morgan fingerprint density at radius 2 is 2.00 bits per heavy atom. The average molecular weight is 454 g/mol. The van der Waals surface area contributed by atoms with Gasteiger partial charge >= 0.3 is 0 Å². The molecule has 1 fully saturated rings. The molecule has 7 nitrogen and oxygen atoms in total. The Morgan fingerprint density at radius 1 is 1.22 bits per heavy atom. The molecule has 0 unspecified atom stereocenters. The number of likely N-dealkylation sites (tertiary alicyclic amines) is 1. The third-order valence-corrected chi connectivity index (χ3v) is 7.00. The zero-order valence-corrected chi connectivity index (χ0v) is 19.8. The van der Waals surface area contributed by atoms with Crippen LogP contribution in [0.25, 0.3) is 10.8 Å². The molecule has 1 aliphatic heterocycles. The van der Waals surface area contributed by atoms with Crippen molar-refractivity contribution >= 4 is 39.0 Å². The third-order valence-electron chi connectivity index (χ3n) is 6.01. The molecular weight excluding hydrogens is 422 g/mol. The topological polar surface area (TPSA) is 79.4 Å². The average Bonchev–Trinajstić information content (AvgIpc) is 3.10. The minimum atomic E-state index is 0.00524. The van der Waals surface area contributed by atoms with Gasteiger partial charge in [-0.05, 0) is 51.2 Å². The summed E-state index contributed by atoms with van der Waals surface area (Å²) < 4.78 is 5.18. The van der Waals surface area contributed by atoms with Crippen LogP contribution in [0.5, 0.6) is 0 Å². The number of pyridine rings is 1. The fraction of sp³-hybridized carbons (Fsp3) is 0.458. The van der Waals surface area contributed by atoms with E-state index >= 15 is 0 Å². The monoisotopic (exact) mass is 453 g/mol. The summed E-state index contributed by atoms with van der Waals surface area (Å²) in [5.41, 5.74) is 2.10. The Kier molecular flexibility index (Phi) is 7.34. The number of rotatable bonds is 8. The molecule has 1 aromatic carbocycles. The summed E-state index contributed by atoms with van der Waals surface area (Å²) >= 11 is 1.53. The van der Waals surface area contributed by atoms with E-state index in [4.69, 9.17) is 9.72 Å². The van der Waals surface area contributed by atoms with E-state index in [1.165, 1.54) is 16.7 Å². The van der Waals surface area contributed by atoms with Gasteiger partial charge in [0.25, 0.3) is 0 Å². The second-order valence-electron chi connectivity index (χ2n) is 8.30. The van der Waals surface area contributed by atoms with Gasteiger partial charge < -0.3 is 15.4 Å². The lowest BCUT2D eigenvalue weighted by atomic mass is 9.92. The van der Waals surface area contributed by atoms with Crippen LogP contribution in [0.3, 0.4) is 0 Å². The van der Waals surface area contributed by atoms with Gasteiger partial charge in [-0.25, -0.2) is 9.97 Å². The van der Waals surface area contributed by atoms with E-state index in [-0.39, 0.29) is 5.91 Å². The Bertz CT molecular complexity index is 1060. The van der Waals surface area contributed by atoms with Crippen molar-refractivity contribution in [2.45, 2.75) is 32.6 Å². The van der Waals surface area contributed by atoms with Gasteiger partial charge in [0, 0.05) is 35.5 Å². The van der Waals surface area contributed by atoms with E-state index in [2.05, 4.69) is 44.8 Å². The van der Waals surface area contributed by atoms with E-state index in [1.807, 2.05) is 19.9 Å². The van der Waals surface area contributed by atoms with Gasteiger partial charge in [0.2, 0.25) is 5.91 Å². The standard InChI is InChI=1S/C24H31N5O2S/c1-16-17(2)32-24(26-16)28-22(30)15-29-11-8-18(9-12-29)21-14-19-6-4-5-7-20(19)23(27-21)25-10-13-31-3/h4-7,14,18H,8-13,15H2,1-3H3,(H,25,27)(H,26,28,30). The number of hydrogen-bond donors (Lipinski definition) is 2. The number of nitrogens with zero attached hydrogens (tertiary/aromatic N) is 3. The molecule has 2 N–H and O–H groups in total. The highest BCUT2D eigenvalue weighted by Gasteiger charge is 2.24. The largest absolute Gasteiger partial charge is 0.383 e. The lowest BCUT2D eigenvalue weighted by Crippen LogP contribution is -2.38. The van der Waals surface area contributed by atoms with Crippen molar-refractivity contribution in [3.8, 4) is 0 Å². The number of fused-ring (bicyclic) bond motifs is 1. The first kappa shape index (κ1) is 22.6. The Hall–Kier alpha value is -2.55. The van der Waals surface area contributed by atoms with Crippen LogP contribution in [0.1, 0.15) is 35.0 Å². The molecule has 0 bridgehead atoms. The quantitative estimate of drug-likeness (QED) is 0.498. The molecule has 1 aliphatic rings. The Balaban J connectivity index is 1.37. The molecule has 0 spiro atoms. The van der Waals surface area contributed by atoms with Gasteiger partial charge in [0.1, 0.15) is 5.82 Å². The van der Waals surface area contributed by atoms with E-state index in [0.29, 0.717) is 24.2 Å². The van der Waals surface area contributed by atoms with Crippen LogP contribution in [0, 0.1) is 13.8 Å². The summed E-state index contributed by atoms with van der Waals surface area (Å²) in [6.07, 6.45) is 1.98. The highest BCUT2D eigenvalue weighted by Crippen LogP contribution is 2.31. The summed E-state index contributed by atoms with van der Waals surface area (Å²) in [6.45, 7) is 7.52. The molecule has 1 saturated heterocycles. The van der Waals surface area contributed by atoms with Gasteiger partial charge in [0.05, 0.1) is 18.8 Å². The first-order chi connectivity index (χ1) is 15.5. The van der Waals surface area contributed by atoms with Crippen LogP contribution in [0.2, 0.25) is 0 Å². The molecule has 170 valence electrons. The molecule has 8 heteroatoms. The summed E-state index contributed by atoms with van der Waals surface area (Å²) in [7, 11) is 1.71. The number of aromatic nitrogens is 2. The third kappa shape index (κ3) is 5.43. The molecule has 2 aromatic heterocycles. The van der Waals surface area contributed by atoms with Gasteiger partial charge in [-0.1, -0.05) is 24.3 Å². The van der Waals surface area contributed by atoms with Gasteiger partial charge in [0.15, 0.2) is 5.13 Å². The summed E-state index contributed by atoms with van der Waals surface area (Å²) in [6, 6.07) is 10.6. The van der Waals surface area contributed by atoms with Crippen LogP contribution < -0.4 is 10.6 Å². The minimum absolute atomic E-state index is 0.00524. The number of piperidine rings is 1. The maximum absolute atomic E-state index is 12.5. The highest BCUT2D eigenvalue weighted by atomic mass is 32.1. The minimum Gasteiger partial charge on any atom is -0.383 e. The number of methoxy groups -OCH3 is 1. The first-order valence-corrected chi connectivity index (χ1v) is 11.9. The SMILES string of the molecule is COCCNc1nc(C2CCN(CC(=O)Nc3nc(C)c(C)s3)CC2)cc2ccccc12. The summed E-state index contributed by atoms with van der Waals surface area (Å²) in [4.78, 5) is 25.2. The van der Waals surface area contributed by atoms with E-state index < -0.39 is 0 Å². The van der Waals surface area contributed by atoms with Crippen molar-refractivity contribution < 1.29 is 9.53 Å². The van der Waals surface area contributed by atoms with Gasteiger partial charge in [-0.3, -0.25) is 9.69 Å². The predicted molar refractivity (Wildman–Crippen MR) is 131 cm³/mol. The number of aryl methyl sites for hydroxylation is 2. The number of benzene rings is 1. The van der Waals surface area contributed by atoms with E-state index in [0.717, 1.165) is 59.9 Å². The smallest absolute Gasteiger partial charge is 0.240 e. The van der Waals surface area contributed by atoms with Crippen LogP contribution in [0.4, 0.5) is 10.9 Å². The zero-order valence-electron chi connectivity index (χ0n) is 19.0. The molecular formula is C24H31N5O2S. The van der Waals surface area contributed by atoms with Crippen LogP contribution in [0.15, 0.2) is 30.3 Å². The number of hydrogen-bond acceptors (Lipinski definition) is 7. The van der Waals surface area contributed by atoms with Crippen molar-refractivity contribution in [2.24, 2.45) is 0 Å². The number of thiazole rings is 1. The summed E-state index contributed by atoms with van der Waals surface area (Å²) in [5.74, 6) is 1.32. The second-order valence-corrected chi connectivity index (χ2v) is 9.50. The van der Waals surface area contributed by atoms with Crippen molar-refractivity contribution in [1.29, 1.82) is 0 Å². The predicted octanol–water partition coefficient (Wildman–Crippen LogP) is 4.18. The fourth-order valence-corrected chi connectivity index (χ4v) is 4.94. The van der Waals surface area contributed by atoms with E-state index in [1.54, 1.807) is 7.11 Å². The van der Waals surface area contributed by atoms with Crippen molar-refractivity contribution in [3.63, 3.8) is 0 Å². The fourth-order valence-electron chi connectivity index (χ4n) is 4.11. The highest BCUT2D eigenvalue weighted by molar-refractivity contribution is 7.15. The van der Waals surface area contributed by atoms with Crippen LogP contribution in [-0.4, -0.2) is 60.7 Å². The molecule has 0 aliphatic carbocycles. The van der Waals surface area contributed by atoms with Crippen LogP contribution >= 0.6 is 11.3 Å². The number of anilines is 2. The Labute approximate surface area is 193 Å². The lowest BCUT2D eigenvalue weighted by Gasteiger charge is -2.31. The molecule has 0 saturated carbocycles. The van der Waals surface area contributed by atoms with Crippen LogP contribution in [-0.2, 0) is 9.53 Å². The van der Waals surface area contributed by atoms with Crippen molar-refractivity contribution in [2.75, 3.05) is 50.5 Å². The number of carbonyl (C=O) groups excluding carboxylic acids is 1. The molecule has 1 amide bonds. The Morgan fingerprint density at radius 3 is 2.72 bits per heavy atom. The maximum atomic E-state index is 12.5.